The highest BCUT2D eigenvalue weighted by molar-refractivity contribution is 6.37. The molecule has 126 valence electrons. The van der Waals surface area contributed by atoms with Crippen LogP contribution < -0.4 is 15.4 Å². The fourth-order valence-electron chi connectivity index (χ4n) is 2.72. The molecular weight excluding hydrogens is 339 g/mol. The van der Waals surface area contributed by atoms with Crippen LogP contribution in [0.2, 0.25) is 10.0 Å². The zero-order chi connectivity index (χ0) is 16.8. The molecule has 1 aromatic carbocycles. The van der Waals surface area contributed by atoms with Gasteiger partial charge in [-0.2, -0.15) is 0 Å². The first-order valence-corrected chi connectivity index (χ1v) is 8.38. The molecule has 2 rings (SSSR count). The summed E-state index contributed by atoms with van der Waals surface area (Å²) in [5, 5.41) is 6.00. The number of hydrogen-bond acceptors (Lipinski definition) is 3. The second-order valence-corrected chi connectivity index (χ2v) is 6.34. The molecule has 0 aromatic heterocycles. The second-order valence-electron chi connectivity index (χ2n) is 5.52. The first-order valence-electron chi connectivity index (χ1n) is 7.62. The summed E-state index contributed by atoms with van der Waals surface area (Å²) in [5.41, 5.74) is 0.132. The predicted octanol–water partition coefficient (Wildman–Crippen LogP) is 3.18. The largest absolute Gasteiger partial charge is 0.494 e. The third-order valence-corrected chi connectivity index (χ3v) is 4.48. The van der Waals surface area contributed by atoms with Gasteiger partial charge in [-0.05, 0) is 25.0 Å². The molecule has 2 N–H and O–H groups in total. The zero-order valence-corrected chi connectivity index (χ0v) is 14.5. The maximum atomic E-state index is 12.3. The summed E-state index contributed by atoms with van der Waals surface area (Å²) in [6.07, 6.45) is 5.47. The lowest BCUT2D eigenvalue weighted by Gasteiger charge is -2.22. The normalized spacial score (nSPS) is 15.1. The summed E-state index contributed by atoms with van der Waals surface area (Å²) in [4.78, 5) is 24.2. The standard InChI is InChI=1S/C16H20Cl2N2O3/c1-23-15-12(18)8-7-11(17)14(15)16(22)19-9-13(21)20-10-5-3-2-4-6-10/h7-8,10H,2-6,9H2,1H3,(H,19,22)(H,20,21). The van der Waals surface area contributed by atoms with Crippen molar-refractivity contribution in [2.75, 3.05) is 13.7 Å². The van der Waals surface area contributed by atoms with E-state index >= 15 is 0 Å². The van der Waals surface area contributed by atoms with Gasteiger partial charge in [0.25, 0.3) is 5.91 Å². The number of benzene rings is 1. The Balaban J connectivity index is 1.94. The molecule has 23 heavy (non-hydrogen) atoms. The Bertz CT molecular complexity index is 587. The van der Waals surface area contributed by atoms with Gasteiger partial charge in [-0.3, -0.25) is 9.59 Å². The third-order valence-electron chi connectivity index (χ3n) is 3.87. The fraction of sp³-hybridized carbons (Fsp3) is 0.500. The smallest absolute Gasteiger partial charge is 0.257 e. The number of carbonyl (C=O) groups excluding carboxylic acids is 2. The Hall–Kier alpha value is -1.46. The molecular formula is C16H20Cl2N2O3. The molecule has 0 unspecified atom stereocenters. The van der Waals surface area contributed by atoms with Crippen molar-refractivity contribution in [3.05, 3.63) is 27.7 Å². The summed E-state index contributed by atoms with van der Waals surface area (Å²) in [6, 6.07) is 3.27. The van der Waals surface area contributed by atoms with E-state index in [2.05, 4.69) is 10.6 Å². The minimum Gasteiger partial charge on any atom is -0.494 e. The number of amides is 2. The topological polar surface area (TPSA) is 67.4 Å². The SMILES string of the molecule is COc1c(Cl)ccc(Cl)c1C(=O)NCC(=O)NC1CCCCC1. The molecule has 5 nitrogen and oxygen atoms in total. The molecule has 1 aliphatic rings. The quantitative estimate of drug-likeness (QED) is 0.849. The summed E-state index contributed by atoms with van der Waals surface area (Å²) < 4.78 is 5.13. The fourth-order valence-corrected chi connectivity index (χ4v) is 3.19. The lowest BCUT2D eigenvalue weighted by Crippen LogP contribution is -2.42. The molecule has 0 aliphatic heterocycles. The molecule has 0 spiro atoms. The van der Waals surface area contributed by atoms with Crippen molar-refractivity contribution in [2.45, 2.75) is 38.1 Å². The summed E-state index contributed by atoms with van der Waals surface area (Å²) in [6.45, 7) is -0.110. The third kappa shape index (κ3) is 4.75. The van der Waals surface area contributed by atoms with Crippen LogP contribution in [-0.2, 0) is 4.79 Å². The Morgan fingerprint density at radius 3 is 2.48 bits per heavy atom. The lowest BCUT2D eigenvalue weighted by atomic mass is 9.95. The van der Waals surface area contributed by atoms with Gasteiger partial charge >= 0.3 is 0 Å². The van der Waals surface area contributed by atoms with E-state index in [-0.39, 0.29) is 39.9 Å². The minimum absolute atomic E-state index is 0.110. The van der Waals surface area contributed by atoms with Crippen molar-refractivity contribution in [3.63, 3.8) is 0 Å². The average molecular weight is 359 g/mol. The summed E-state index contributed by atoms with van der Waals surface area (Å²) in [5.74, 6) is -0.500. The number of halogens is 2. The Labute approximate surface area is 145 Å². The van der Waals surface area contributed by atoms with E-state index in [9.17, 15) is 9.59 Å². The van der Waals surface area contributed by atoms with Gasteiger partial charge in [0.1, 0.15) is 5.56 Å². The lowest BCUT2D eigenvalue weighted by molar-refractivity contribution is -0.121. The summed E-state index contributed by atoms with van der Waals surface area (Å²) in [7, 11) is 1.41. The van der Waals surface area contributed by atoms with Gasteiger partial charge in [0.05, 0.1) is 23.7 Å². The van der Waals surface area contributed by atoms with E-state index in [1.165, 1.54) is 19.6 Å². The van der Waals surface area contributed by atoms with Gasteiger partial charge in [-0.1, -0.05) is 42.5 Å². The first-order chi connectivity index (χ1) is 11.0. The summed E-state index contributed by atoms with van der Waals surface area (Å²) >= 11 is 12.0. The number of carbonyl (C=O) groups is 2. The van der Waals surface area contributed by atoms with E-state index < -0.39 is 5.91 Å². The Morgan fingerprint density at radius 2 is 1.83 bits per heavy atom. The highest BCUT2D eigenvalue weighted by atomic mass is 35.5. The van der Waals surface area contributed by atoms with Crippen LogP contribution in [-0.4, -0.2) is 31.5 Å². The highest BCUT2D eigenvalue weighted by Gasteiger charge is 2.21. The van der Waals surface area contributed by atoms with Gasteiger partial charge in [0.2, 0.25) is 5.91 Å². The molecule has 0 atom stereocenters. The van der Waals surface area contributed by atoms with E-state index in [1.807, 2.05) is 0 Å². The Kier molecular flexibility index (Phi) is 6.54. The zero-order valence-electron chi connectivity index (χ0n) is 13.0. The molecule has 0 bridgehead atoms. The van der Waals surface area contributed by atoms with Crippen LogP contribution in [0.5, 0.6) is 5.75 Å². The van der Waals surface area contributed by atoms with Crippen LogP contribution in [0.4, 0.5) is 0 Å². The molecule has 1 aliphatic carbocycles. The van der Waals surface area contributed by atoms with Crippen LogP contribution in [0.25, 0.3) is 0 Å². The minimum atomic E-state index is -0.492. The van der Waals surface area contributed by atoms with Crippen molar-refractivity contribution in [2.24, 2.45) is 0 Å². The number of hydrogen-bond donors (Lipinski definition) is 2. The van der Waals surface area contributed by atoms with Crippen LogP contribution in [0.1, 0.15) is 42.5 Å². The van der Waals surface area contributed by atoms with Crippen LogP contribution in [0, 0.1) is 0 Å². The molecule has 2 amide bonds. The van der Waals surface area contributed by atoms with Crippen molar-refractivity contribution < 1.29 is 14.3 Å². The second kappa shape index (κ2) is 8.41. The number of ether oxygens (including phenoxy) is 1. The highest BCUT2D eigenvalue weighted by Crippen LogP contribution is 2.33. The van der Waals surface area contributed by atoms with Crippen LogP contribution in [0.3, 0.4) is 0 Å². The van der Waals surface area contributed by atoms with Crippen molar-refractivity contribution >= 4 is 35.0 Å². The van der Waals surface area contributed by atoms with E-state index in [0.717, 1.165) is 25.7 Å². The van der Waals surface area contributed by atoms with E-state index in [4.69, 9.17) is 27.9 Å². The number of rotatable bonds is 5. The van der Waals surface area contributed by atoms with Gasteiger partial charge in [0.15, 0.2) is 5.75 Å². The number of methoxy groups -OCH3 is 1. The molecule has 0 saturated heterocycles. The molecule has 1 saturated carbocycles. The van der Waals surface area contributed by atoms with Crippen LogP contribution >= 0.6 is 23.2 Å². The molecule has 1 fully saturated rings. The van der Waals surface area contributed by atoms with Gasteiger partial charge in [0, 0.05) is 6.04 Å². The monoisotopic (exact) mass is 358 g/mol. The van der Waals surface area contributed by atoms with Gasteiger partial charge in [-0.25, -0.2) is 0 Å². The maximum Gasteiger partial charge on any atom is 0.257 e. The van der Waals surface area contributed by atoms with Crippen LogP contribution in [0.15, 0.2) is 12.1 Å². The van der Waals surface area contributed by atoms with Crippen molar-refractivity contribution in [1.82, 2.24) is 10.6 Å². The van der Waals surface area contributed by atoms with Gasteiger partial charge < -0.3 is 15.4 Å². The predicted molar refractivity (Wildman–Crippen MR) is 90.4 cm³/mol. The molecule has 0 radical (unpaired) electrons. The first kappa shape index (κ1) is 17.9. The average Bonchev–Trinajstić information content (AvgIpc) is 2.55. The van der Waals surface area contributed by atoms with Crippen molar-refractivity contribution in [3.8, 4) is 5.75 Å². The molecule has 7 heteroatoms. The van der Waals surface area contributed by atoms with E-state index in [0.29, 0.717) is 0 Å². The maximum absolute atomic E-state index is 12.3. The molecule has 0 heterocycles. The van der Waals surface area contributed by atoms with Crippen molar-refractivity contribution in [1.29, 1.82) is 0 Å². The Morgan fingerprint density at radius 1 is 1.17 bits per heavy atom. The molecule has 1 aromatic rings. The van der Waals surface area contributed by atoms with E-state index in [1.54, 1.807) is 6.07 Å². The number of nitrogens with one attached hydrogen (secondary N) is 2. The van der Waals surface area contributed by atoms with Gasteiger partial charge in [-0.15, -0.1) is 0 Å².